The van der Waals surface area contributed by atoms with Gasteiger partial charge in [0.05, 0.1) is 35.7 Å². The normalized spacial score (nSPS) is 18.2. The molecule has 1 aliphatic rings. The molecular weight excluding hydrogens is 286 g/mol. The van der Waals surface area contributed by atoms with E-state index in [1.807, 2.05) is 43.8 Å². The van der Waals surface area contributed by atoms with Crippen molar-refractivity contribution in [1.29, 1.82) is 0 Å². The van der Waals surface area contributed by atoms with Crippen molar-refractivity contribution in [3.8, 4) is 12.3 Å². The number of aryl methyl sites for hydroxylation is 2. The Bertz CT molecular complexity index is 767. The van der Waals surface area contributed by atoms with Gasteiger partial charge in [0, 0.05) is 12.6 Å². The van der Waals surface area contributed by atoms with E-state index in [1.54, 1.807) is 0 Å². The van der Waals surface area contributed by atoms with Crippen LogP contribution in [-0.4, -0.2) is 34.2 Å². The number of fused-ring (bicyclic) bond motifs is 1. The Morgan fingerprint density at radius 2 is 2.13 bits per heavy atom. The second kappa shape index (κ2) is 6.27. The highest BCUT2D eigenvalue weighted by Crippen LogP contribution is 2.26. The van der Waals surface area contributed by atoms with Gasteiger partial charge in [-0.3, -0.25) is 15.0 Å². The van der Waals surface area contributed by atoms with E-state index in [9.17, 15) is 0 Å². The maximum absolute atomic E-state index is 5.48. The van der Waals surface area contributed by atoms with Crippen LogP contribution in [0.15, 0.2) is 35.3 Å². The minimum Gasteiger partial charge on any atom is -0.353 e. The highest BCUT2D eigenvalue weighted by molar-refractivity contribution is 6.16. The largest absolute Gasteiger partial charge is 0.353 e. The Kier molecular flexibility index (Phi) is 4.18. The fraction of sp³-hybridized carbons (Fsp3) is 0.333. The van der Waals surface area contributed by atoms with Crippen molar-refractivity contribution in [2.75, 3.05) is 11.9 Å². The molecule has 3 rings (SSSR count). The van der Waals surface area contributed by atoms with Crippen molar-refractivity contribution in [2.24, 2.45) is 12.0 Å². The van der Waals surface area contributed by atoms with E-state index in [-0.39, 0.29) is 12.2 Å². The van der Waals surface area contributed by atoms with Gasteiger partial charge in [-0.2, -0.15) is 5.10 Å². The van der Waals surface area contributed by atoms with Gasteiger partial charge < -0.3 is 5.32 Å². The van der Waals surface area contributed by atoms with E-state index in [2.05, 4.69) is 33.8 Å². The molecule has 0 saturated carbocycles. The molecule has 1 aliphatic heterocycles. The first-order chi connectivity index (χ1) is 11.1. The second-order valence-electron chi connectivity index (χ2n) is 5.74. The lowest BCUT2D eigenvalue weighted by Gasteiger charge is -2.20. The zero-order valence-corrected chi connectivity index (χ0v) is 13.7. The van der Waals surface area contributed by atoms with Crippen molar-refractivity contribution in [3.05, 3.63) is 47.2 Å². The number of hydrogen-bond acceptors (Lipinski definition) is 4. The molecule has 0 saturated heterocycles. The standard InChI is InChI=1S/C18H21N5/c1-5-12(2)20-15-11-19-17(14-9-7-6-8-10-14)16-13(3)22-23(4)18(16)21-15/h1,6-10,12,15,20-21H,11H2,2-4H3. The first kappa shape index (κ1) is 15.3. The van der Waals surface area contributed by atoms with Crippen LogP contribution in [0.4, 0.5) is 5.82 Å². The van der Waals surface area contributed by atoms with Crippen molar-refractivity contribution in [1.82, 2.24) is 15.1 Å². The molecule has 0 fully saturated rings. The van der Waals surface area contributed by atoms with Gasteiger partial charge in [-0.25, -0.2) is 0 Å². The summed E-state index contributed by atoms with van der Waals surface area (Å²) in [5, 5.41) is 11.4. The molecule has 1 aromatic carbocycles. The Morgan fingerprint density at radius 1 is 1.39 bits per heavy atom. The molecule has 0 radical (unpaired) electrons. The Morgan fingerprint density at radius 3 is 2.83 bits per heavy atom. The number of hydrogen-bond donors (Lipinski definition) is 2. The summed E-state index contributed by atoms with van der Waals surface area (Å²) in [4.78, 5) is 4.85. The van der Waals surface area contributed by atoms with Gasteiger partial charge in [0.15, 0.2) is 0 Å². The average molecular weight is 307 g/mol. The number of anilines is 1. The minimum atomic E-state index is -0.0317. The van der Waals surface area contributed by atoms with Gasteiger partial charge in [-0.05, 0) is 13.8 Å². The molecular formula is C18H21N5. The first-order valence-electron chi connectivity index (χ1n) is 7.72. The molecule has 2 N–H and O–H groups in total. The molecule has 5 nitrogen and oxygen atoms in total. The molecule has 0 spiro atoms. The summed E-state index contributed by atoms with van der Waals surface area (Å²) < 4.78 is 1.86. The first-order valence-corrected chi connectivity index (χ1v) is 7.72. The maximum atomic E-state index is 5.48. The van der Waals surface area contributed by atoms with Crippen LogP contribution < -0.4 is 10.6 Å². The summed E-state index contributed by atoms with van der Waals surface area (Å²) in [6, 6.07) is 10.2. The zero-order chi connectivity index (χ0) is 16.4. The van der Waals surface area contributed by atoms with E-state index in [0.29, 0.717) is 6.54 Å². The maximum Gasteiger partial charge on any atom is 0.135 e. The van der Waals surface area contributed by atoms with Gasteiger partial charge in [-0.1, -0.05) is 36.3 Å². The van der Waals surface area contributed by atoms with Gasteiger partial charge in [0.2, 0.25) is 0 Å². The van der Waals surface area contributed by atoms with E-state index < -0.39 is 0 Å². The van der Waals surface area contributed by atoms with Gasteiger partial charge in [0.25, 0.3) is 0 Å². The summed E-state index contributed by atoms with van der Waals surface area (Å²) >= 11 is 0. The van der Waals surface area contributed by atoms with Crippen molar-refractivity contribution < 1.29 is 0 Å². The van der Waals surface area contributed by atoms with E-state index >= 15 is 0 Å². The number of rotatable bonds is 3. The fourth-order valence-corrected chi connectivity index (χ4v) is 2.86. The third-order valence-corrected chi connectivity index (χ3v) is 3.95. The van der Waals surface area contributed by atoms with Crippen molar-refractivity contribution in [2.45, 2.75) is 26.1 Å². The molecule has 5 heteroatoms. The molecule has 1 aromatic heterocycles. The number of benzene rings is 1. The summed E-state index contributed by atoms with van der Waals surface area (Å²) in [6.07, 6.45) is 5.45. The fourth-order valence-electron chi connectivity index (χ4n) is 2.86. The van der Waals surface area contributed by atoms with Crippen LogP contribution in [0.5, 0.6) is 0 Å². The van der Waals surface area contributed by atoms with E-state index in [1.165, 1.54) is 0 Å². The lowest BCUT2D eigenvalue weighted by Crippen LogP contribution is -2.43. The van der Waals surface area contributed by atoms with Crippen molar-refractivity contribution >= 4 is 11.5 Å². The Labute approximate surface area is 136 Å². The van der Waals surface area contributed by atoms with Crippen LogP contribution in [0, 0.1) is 19.3 Å². The van der Waals surface area contributed by atoms with Crippen LogP contribution in [-0.2, 0) is 7.05 Å². The van der Waals surface area contributed by atoms with Crippen LogP contribution in [0.25, 0.3) is 0 Å². The monoisotopic (exact) mass is 307 g/mol. The summed E-state index contributed by atoms with van der Waals surface area (Å²) in [5.74, 6) is 3.66. The highest BCUT2D eigenvalue weighted by Gasteiger charge is 2.25. The summed E-state index contributed by atoms with van der Waals surface area (Å²) in [5.41, 5.74) is 4.08. The molecule has 2 heterocycles. The molecule has 2 aromatic rings. The van der Waals surface area contributed by atoms with E-state index in [0.717, 1.165) is 28.4 Å². The van der Waals surface area contributed by atoms with Gasteiger partial charge in [-0.15, -0.1) is 6.42 Å². The predicted molar refractivity (Wildman–Crippen MR) is 93.7 cm³/mol. The van der Waals surface area contributed by atoms with Crippen LogP contribution in [0.1, 0.15) is 23.7 Å². The molecule has 2 atom stereocenters. The van der Waals surface area contributed by atoms with Gasteiger partial charge >= 0.3 is 0 Å². The average Bonchev–Trinajstić information content (AvgIpc) is 2.74. The minimum absolute atomic E-state index is 0.0289. The predicted octanol–water partition coefficient (Wildman–Crippen LogP) is 1.93. The molecule has 23 heavy (non-hydrogen) atoms. The third kappa shape index (κ3) is 2.99. The molecule has 0 bridgehead atoms. The number of aliphatic imine (C=N–C) groups is 1. The Balaban J connectivity index is 2.05. The number of terminal acetylenes is 1. The van der Waals surface area contributed by atoms with Crippen LogP contribution in [0.2, 0.25) is 0 Å². The Hall–Kier alpha value is -2.58. The molecule has 0 amide bonds. The number of nitrogens with one attached hydrogen (secondary N) is 2. The number of aromatic nitrogens is 2. The summed E-state index contributed by atoms with van der Waals surface area (Å²) in [6.45, 7) is 4.57. The highest BCUT2D eigenvalue weighted by atomic mass is 15.3. The zero-order valence-electron chi connectivity index (χ0n) is 13.7. The lowest BCUT2D eigenvalue weighted by molar-refractivity contribution is 0.539. The quantitative estimate of drug-likeness (QED) is 0.852. The van der Waals surface area contributed by atoms with Crippen LogP contribution in [0.3, 0.4) is 0 Å². The van der Waals surface area contributed by atoms with Gasteiger partial charge in [0.1, 0.15) is 5.82 Å². The smallest absolute Gasteiger partial charge is 0.135 e. The van der Waals surface area contributed by atoms with E-state index in [4.69, 9.17) is 11.4 Å². The summed E-state index contributed by atoms with van der Waals surface area (Å²) in [7, 11) is 1.94. The topological polar surface area (TPSA) is 54.2 Å². The molecule has 0 aliphatic carbocycles. The van der Waals surface area contributed by atoms with Crippen molar-refractivity contribution in [3.63, 3.8) is 0 Å². The van der Waals surface area contributed by atoms with Crippen LogP contribution >= 0.6 is 0 Å². The second-order valence-corrected chi connectivity index (χ2v) is 5.74. The lowest BCUT2D eigenvalue weighted by atomic mass is 10.0. The molecule has 2 unspecified atom stereocenters. The SMILES string of the molecule is C#CC(C)NC1CN=C(c2ccccc2)c2c(C)nn(C)c2N1. The molecule has 118 valence electrons. The third-order valence-electron chi connectivity index (χ3n) is 3.95. The number of nitrogens with zero attached hydrogens (tertiary/aromatic N) is 3.